The fourth-order valence-corrected chi connectivity index (χ4v) is 5.23. The van der Waals surface area contributed by atoms with Crippen LogP contribution in [0, 0.1) is 30.6 Å². The first-order chi connectivity index (χ1) is 15.3. The van der Waals surface area contributed by atoms with Crippen molar-refractivity contribution in [1.82, 2.24) is 10.2 Å². The van der Waals surface area contributed by atoms with Crippen molar-refractivity contribution < 1.29 is 19.5 Å². The van der Waals surface area contributed by atoms with E-state index in [2.05, 4.69) is 10.6 Å². The maximum atomic E-state index is 13.5. The van der Waals surface area contributed by atoms with Gasteiger partial charge in [-0.3, -0.25) is 14.4 Å². The molecule has 0 bridgehead atoms. The predicted octanol–water partition coefficient (Wildman–Crippen LogP) is 2.76. The molecule has 174 valence electrons. The molecular formula is C24H32ClN3O4. The number of hydrogen-bond donors (Lipinski definition) is 3. The third kappa shape index (κ3) is 4.69. The van der Waals surface area contributed by atoms with Crippen molar-refractivity contribution in [2.45, 2.75) is 39.2 Å². The summed E-state index contributed by atoms with van der Waals surface area (Å²) in [7, 11) is 1.57. The second kappa shape index (κ2) is 10.5. The highest BCUT2D eigenvalue weighted by atomic mass is 35.5. The number of anilines is 1. The first-order valence-corrected chi connectivity index (χ1v) is 11.6. The molecule has 7 nitrogen and oxygen atoms in total. The zero-order valence-corrected chi connectivity index (χ0v) is 19.6. The van der Waals surface area contributed by atoms with Gasteiger partial charge in [0, 0.05) is 26.1 Å². The SMILES string of the molecule is CNC(=O)[C@H]1[C@H]2C(=O)N(CCCCCO)[C@H](C(=O)Nc3c(C)cccc3Cl)[C@H]2C=C[C@H]1C. The second-order valence-corrected chi connectivity index (χ2v) is 9.08. The van der Waals surface area contributed by atoms with Crippen LogP contribution in [0.15, 0.2) is 30.4 Å². The monoisotopic (exact) mass is 461 g/mol. The molecule has 1 aliphatic carbocycles. The number of amides is 3. The smallest absolute Gasteiger partial charge is 0.247 e. The molecule has 1 aromatic carbocycles. The molecule has 8 heteroatoms. The Balaban J connectivity index is 1.94. The molecule has 5 atom stereocenters. The van der Waals surface area contributed by atoms with Crippen LogP contribution in [0.2, 0.25) is 5.02 Å². The van der Waals surface area contributed by atoms with Gasteiger partial charge in [-0.05, 0) is 43.7 Å². The van der Waals surface area contributed by atoms with E-state index in [1.54, 1.807) is 18.0 Å². The number of fused-ring (bicyclic) bond motifs is 1. The van der Waals surface area contributed by atoms with Gasteiger partial charge < -0.3 is 20.6 Å². The molecule has 3 amide bonds. The van der Waals surface area contributed by atoms with E-state index >= 15 is 0 Å². The van der Waals surface area contributed by atoms with Crippen molar-refractivity contribution >= 4 is 35.0 Å². The summed E-state index contributed by atoms with van der Waals surface area (Å²) in [6.07, 6.45) is 5.92. The quantitative estimate of drug-likeness (QED) is 0.409. The number of benzene rings is 1. The molecule has 32 heavy (non-hydrogen) atoms. The minimum Gasteiger partial charge on any atom is -0.396 e. The van der Waals surface area contributed by atoms with E-state index in [1.165, 1.54) is 0 Å². The molecule has 1 heterocycles. The van der Waals surface area contributed by atoms with Gasteiger partial charge in [-0.15, -0.1) is 0 Å². The van der Waals surface area contributed by atoms with Gasteiger partial charge in [0.1, 0.15) is 6.04 Å². The van der Waals surface area contributed by atoms with E-state index in [4.69, 9.17) is 16.7 Å². The number of likely N-dealkylation sites (tertiary alicyclic amines) is 1. The summed E-state index contributed by atoms with van der Waals surface area (Å²) < 4.78 is 0. The Bertz CT molecular complexity index is 883. The molecular weight excluding hydrogens is 430 g/mol. The maximum absolute atomic E-state index is 13.5. The Morgan fingerprint density at radius 1 is 1.16 bits per heavy atom. The molecule has 0 saturated carbocycles. The number of unbranched alkanes of at least 4 members (excludes halogenated alkanes) is 2. The van der Waals surface area contributed by atoms with E-state index in [0.717, 1.165) is 12.0 Å². The Morgan fingerprint density at radius 3 is 2.56 bits per heavy atom. The number of carbonyl (C=O) groups excluding carboxylic acids is 3. The van der Waals surface area contributed by atoms with Crippen molar-refractivity contribution in [3.05, 3.63) is 40.9 Å². The zero-order chi connectivity index (χ0) is 23.4. The average Bonchev–Trinajstić information content (AvgIpc) is 3.05. The fourth-order valence-electron chi connectivity index (χ4n) is 4.96. The van der Waals surface area contributed by atoms with Gasteiger partial charge in [0.15, 0.2) is 0 Å². The van der Waals surface area contributed by atoms with Gasteiger partial charge in [-0.1, -0.05) is 42.8 Å². The van der Waals surface area contributed by atoms with Crippen LogP contribution in [-0.4, -0.2) is 54.0 Å². The van der Waals surface area contributed by atoms with Gasteiger partial charge in [-0.2, -0.15) is 0 Å². The number of rotatable bonds is 8. The van der Waals surface area contributed by atoms with E-state index in [-0.39, 0.29) is 30.2 Å². The third-order valence-corrected chi connectivity index (χ3v) is 6.93. The lowest BCUT2D eigenvalue weighted by Crippen LogP contribution is -2.45. The lowest BCUT2D eigenvalue weighted by Gasteiger charge is -2.32. The Hall–Kier alpha value is -2.38. The van der Waals surface area contributed by atoms with E-state index in [0.29, 0.717) is 30.1 Å². The molecule has 1 aromatic rings. The van der Waals surface area contributed by atoms with Gasteiger partial charge in [0.25, 0.3) is 0 Å². The van der Waals surface area contributed by atoms with Gasteiger partial charge in [0.2, 0.25) is 17.7 Å². The summed E-state index contributed by atoms with van der Waals surface area (Å²) in [5, 5.41) is 15.1. The summed E-state index contributed by atoms with van der Waals surface area (Å²) in [5.74, 6) is -2.28. The van der Waals surface area contributed by atoms with Crippen LogP contribution in [-0.2, 0) is 14.4 Å². The number of carbonyl (C=O) groups is 3. The topological polar surface area (TPSA) is 98.7 Å². The third-order valence-electron chi connectivity index (χ3n) is 6.62. The standard InChI is InChI=1S/C24H32ClN3O4/c1-14-10-11-16-19(18(14)22(30)26-3)24(32)28(12-5-4-6-13-29)21(16)23(31)27-20-15(2)8-7-9-17(20)25/h7-11,14,16,18-19,21,29H,4-6,12-13H2,1-3H3,(H,26,30)(H,27,31)/t14-,16+,18-,19+,21+/m1/s1. The van der Waals surface area contributed by atoms with Crippen LogP contribution < -0.4 is 10.6 Å². The number of hydrogen-bond acceptors (Lipinski definition) is 4. The summed E-state index contributed by atoms with van der Waals surface area (Å²) >= 11 is 6.32. The minimum absolute atomic E-state index is 0.0912. The van der Waals surface area contributed by atoms with Crippen molar-refractivity contribution in [3.8, 4) is 0 Å². The van der Waals surface area contributed by atoms with Crippen LogP contribution in [0.1, 0.15) is 31.7 Å². The highest BCUT2D eigenvalue weighted by Crippen LogP contribution is 2.44. The second-order valence-electron chi connectivity index (χ2n) is 8.67. The zero-order valence-electron chi connectivity index (χ0n) is 18.8. The van der Waals surface area contributed by atoms with Crippen molar-refractivity contribution in [3.63, 3.8) is 0 Å². The molecule has 0 radical (unpaired) electrons. The Morgan fingerprint density at radius 2 is 1.91 bits per heavy atom. The highest BCUT2D eigenvalue weighted by Gasteiger charge is 2.56. The summed E-state index contributed by atoms with van der Waals surface area (Å²) in [5.41, 5.74) is 1.36. The number of nitrogens with zero attached hydrogens (tertiary/aromatic N) is 1. The first kappa shape index (κ1) is 24.3. The number of aliphatic hydroxyl groups excluding tert-OH is 1. The average molecular weight is 462 g/mol. The number of para-hydroxylation sites is 1. The van der Waals surface area contributed by atoms with Gasteiger partial charge >= 0.3 is 0 Å². The molecule has 0 spiro atoms. The van der Waals surface area contributed by atoms with Gasteiger partial charge in [0.05, 0.1) is 22.5 Å². The predicted molar refractivity (Wildman–Crippen MR) is 124 cm³/mol. The van der Waals surface area contributed by atoms with E-state index in [9.17, 15) is 14.4 Å². The van der Waals surface area contributed by atoms with Crippen LogP contribution >= 0.6 is 11.6 Å². The number of halogens is 1. The normalized spacial score (nSPS) is 26.7. The van der Waals surface area contributed by atoms with Crippen LogP contribution in [0.4, 0.5) is 5.69 Å². The van der Waals surface area contributed by atoms with Crippen LogP contribution in [0.5, 0.6) is 0 Å². The molecule has 1 saturated heterocycles. The minimum atomic E-state index is -0.729. The molecule has 0 unspecified atom stereocenters. The highest BCUT2D eigenvalue weighted by molar-refractivity contribution is 6.34. The Kier molecular flexibility index (Phi) is 7.96. The van der Waals surface area contributed by atoms with Gasteiger partial charge in [-0.25, -0.2) is 0 Å². The summed E-state index contributed by atoms with van der Waals surface area (Å²) in [4.78, 5) is 41.3. The summed E-state index contributed by atoms with van der Waals surface area (Å²) in [6.45, 7) is 4.27. The molecule has 0 aromatic heterocycles. The van der Waals surface area contributed by atoms with Crippen molar-refractivity contribution in [1.29, 1.82) is 0 Å². The maximum Gasteiger partial charge on any atom is 0.247 e. The van der Waals surface area contributed by atoms with E-state index < -0.39 is 23.8 Å². The number of aryl methyl sites for hydroxylation is 1. The number of allylic oxidation sites excluding steroid dienone is 1. The number of nitrogens with one attached hydrogen (secondary N) is 2. The number of aliphatic hydroxyl groups is 1. The van der Waals surface area contributed by atoms with Crippen LogP contribution in [0.25, 0.3) is 0 Å². The molecule has 1 aliphatic heterocycles. The molecule has 2 aliphatic rings. The van der Waals surface area contributed by atoms with Crippen LogP contribution in [0.3, 0.4) is 0 Å². The summed E-state index contributed by atoms with van der Waals surface area (Å²) in [6, 6.07) is 4.66. The molecule has 3 N–H and O–H groups in total. The fraction of sp³-hybridized carbons (Fsp3) is 0.542. The molecule has 1 fully saturated rings. The van der Waals surface area contributed by atoms with Crippen molar-refractivity contribution in [2.24, 2.45) is 23.7 Å². The lowest BCUT2D eigenvalue weighted by molar-refractivity contribution is -0.140. The molecule has 3 rings (SSSR count). The largest absolute Gasteiger partial charge is 0.396 e. The Labute approximate surface area is 194 Å². The van der Waals surface area contributed by atoms with Crippen molar-refractivity contribution in [2.75, 3.05) is 25.5 Å². The lowest BCUT2D eigenvalue weighted by atomic mass is 9.70. The van der Waals surface area contributed by atoms with E-state index in [1.807, 2.05) is 38.1 Å². The first-order valence-electron chi connectivity index (χ1n) is 11.2.